The van der Waals surface area contributed by atoms with E-state index in [0.717, 1.165) is 30.6 Å². The van der Waals surface area contributed by atoms with Crippen LogP contribution in [0, 0.1) is 5.41 Å². The number of esters is 1. The molecule has 20 heavy (non-hydrogen) atoms. The Balaban J connectivity index is 1.94. The zero-order valence-electron chi connectivity index (χ0n) is 10.9. The lowest BCUT2D eigenvalue weighted by atomic mass is 9.69. The van der Waals surface area contributed by atoms with Crippen molar-refractivity contribution in [2.45, 2.75) is 25.3 Å². The lowest BCUT2D eigenvalue weighted by Gasteiger charge is -2.43. The molecule has 0 aromatic heterocycles. The first-order valence-electron chi connectivity index (χ1n) is 6.89. The monoisotopic (exact) mass is 291 g/mol. The second-order valence-electron chi connectivity index (χ2n) is 5.74. The molecule has 1 aromatic carbocycles. The van der Waals surface area contributed by atoms with Gasteiger partial charge in [-0.05, 0) is 30.5 Å². The maximum atomic E-state index is 12.4. The van der Waals surface area contributed by atoms with Crippen LogP contribution < -0.4 is 4.90 Å². The molecule has 4 rings (SSSR count). The van der Waals surface area contributed by atoms with Crippen LogP contribution in [0.4, 0.5) is 5.69 Å². The van der Waals surface area contributed by atoms with Crippen LogP contribution in [-0.2, 0) is 20.7 Å². The van der Waals surface area contributed by atoms with Gasteiger partial charge in [-0.3, -0.25) is 9.59 Å². The molecule has 104 valence electrons. The standard InChI is InChI=1S/C15H14ClNO3/c16-10-3-1-4-11-9(10)7-15(12-5-2-6-17(11)12)13(18)8-20-14(15)19/h1,3-4,12H,2,5-8H2/t12-,15+/m0/s1. The summed E-state index contributed by atoms with van der Waals surface area (Å²) in [5, 5.41) is 0.625. The minimum Gasteiger partial charge on any atom is -0.457 e. The largest absolute Gasteiger partial charge is 0.457 e. The van der Waals surface area contributed by atoms with Gasteiger partial charge in [0.1, 0.15) is 0 Å². The van der Waals surface area contributed by atoms with Gasteiger partial charge >= 0.3 is 5.97 Å². The fourth-order valence-corrected chi connectivity index (χ4v) is 4.19. The maximum absolute atomic E-state index is 12.4. The van der Waals surface area contributed by atoms with Crippen molar-refractivity contribution in [1.82, 2.24) is 0 Å². The van der Waals surface area contributed by atoms with E-state index in [9.17, 15) is 9.59 Å². The third-order valence-corrected chi connectivity index (χ3v) is 5.23. The van der Waals surface area contributed by atoms with E-state index in [2.05, 4.69) is 4.90 Å². The van der Waals surface area contributed by atoms with Gasteiger partial charge in [-0.1, -0.05) is 17.7 Å². The van der Waals surface area contributed by atoms with E-state index in [1.165, 1.54) is 0 Å². The smallest absolute Gasteiger partial charge is 0.322 e. The number of carbonyl (C=O) groups is 2. The number of anilines is 1. The van der Waals surface area contributed by atoms with Crippen molar-refractivity contribution in [2.24, 2.45) is 5.41 Å². The van der Waals surface area contributed by atoms with Crippen molar-refractivity contribution in [1.29, 1.82) is 0 Å². The first-order valence-corrected chi connectivity index (χ1v) is 7.27. The highest BCUT2D eigenvalue weighted by Crippen LogP contribution is 2.50. The molecular weight excluding hydrogens is 278 g/mol. The van der Waals surface area contributed by atoms with Gasteiger partial charge in [0.25, 0.3) is 0 Å². The summed E-state index contributed by atoms with van der Waals surface area (Å²) in [4.78, 5) is 26.9. The lowest BCUT2D eigenvalue weighted by molar-refractivity contribution is -0.148. The highest BCUT2D eigenvalue weighted by atomic mass is 35.5. The zero-order valence-corrected chi connectivity index (χ0v) is 11.7. The van der Waals surface area contributed by atoms with Gasteiger partial charge in [-0.15, -0.1) is 0 Å². The number of halogens is 1. The van der Waals surface area contributed by atoms with Crippen molar-refractivity contribution < 1.29 is 14.3 Å². The normalized spacial score (nSPS) is 31.4. The molecule has 3 aliphatic rings. The number of ketones is 1. The molecular formula is C15H14ClNO3. The molecule has 3 heterocycles. The van der Waals surface area contributed by atoms with Gasteiger partial charge in [0.2, 0.25) is 0 Å². The van der Waals surface area contributed by atoms with E-state index in [0.29, 0.717) is 11.4 Å². The lowest BCUT2D eigenvalue weighted by Crippen LogP contribution is -2.55. The van der Waals surface area contributed by atoms with E-state index in [-0.39, 0.29) is 24.4 Å². The summed E-state index contributed by atoms with van der Waals surface area (Å²) in [6, 6.07) is 5.69. The summed E-state index contributed by atoms with van der Waals surface area (Å²) in [5.41, 5.74) is 0.937. The number of hydrogen-bond donors (Lipinski definition) is 0. The summed E-state index contributed by atoms with van der Waals surface area (Å²) in [6.45, 7) is 0.767. The molecule has 2 fully saturated rings. The topological polar surface area (TPSA) is 46.6 Å². The second-order valence-corrected chi connectivity index (χ2v) is 6.14. The average Bonchev–Trinajstić information content (AvgIpc) is 3.02. The minimum atomic E-state index is -1.03. The van der Waals surface area contributed by atoms with Gasteiger partial charge < -0.3 is 9.64 Å². The number of cyclic esters (lactones) is 1. The van der Waals surface area contributed by atoms with E-state index in [1.54, 1.807) is 0 Å². The Bertz CT molecular complexity index is 612. The molecule has 1 spiro atoms. The SMILES string of the molecule is O=C1COC(=O)[C@@]12Cc1c(Cl)cccc1N1CCC[C@H]12. The van der Waals surface area contributed by atoms with Gasteiger partial charge in [-0.25, -0.2) is 0 Å². The van der Waals surface area contributed by atoms with E-state index < -0.39 is 5.41 Å². The molecule has 0 unspecified atom stereocenters. The van der Waals surface area contributed by atoms with Crippen molar-refractivity contribution in [3.63, 3.8) is 0 Å². The fraction of sp³-hybridized carbons (Fsp3) is 0.467. The average molecular weight is 292 g/mol. The number of rotatable bonds is 0. The van der Waals surface area contributed by atoms with Gasteiger partial charge in [-0.2, -0.15) is 0 Å². The Hall–Kier alpha value is -1.55. The van der Waals surface area contributed by atoms with Crippen molar-refractivity contribution in [3.05, 3.63) is 28.8 Å². The van der Waals surface area contributed by atoms with E-state index >= 15 is 0 Å². The molecule has 0 radical (unpaired) electrons. The highest BCUT2D eigenvalue weighted by molar-refractivity contribution is 6.32. The number of benzene rings is 1. The number of ether oxygens (including phenoxy) is 1. The fourth-order valence-electron chi connectivity index (χ4n) is 3.95. The summed E-state index contributed by atoms with van der Waals surface area (Å²) in [7, 11) is 0. The van der Waals surface area contributed by atoms with Crippen LogP contribution in [0.3, 0.4) is 0 Å². The van der Waals surface area contributed by atoms with Gasteiger partial charge in [0, 0.05) is 23.7 Å². The number of nitrogens with zero attached hydrogens (tertiary/aromatic N) is 1. The molecule has 0 aliphatic carbocycles. The van der Waals surface area contributed by atoms with Crippen molar-refractivity contribution in [2.75, 3.05) is 18.1 Å². The van der Waals surface area contributed by atoms with Gasteiger partial charge in [0.15, 0.2) is 17.8 Å². The van der Waals surface area contributed by atoms with E-state index in [1.807, 2.05) is 18.2 Å². The molecule has 2 saturated heterocycles. The predicted octanol–water partition coefficient (Wildman–Crippen LogP) is 1.98. The molecule has 2 atom stereocenters. The van der Waals surface area contributed by atoms with Crippen LogP contribution in [0.15, 0.2) is 18.2 Å². The molecule has 0 N–H and O–H groups in total. The summed E-state index contributed by atoms with van der Waals surface area (Å²) < 4.78 is 5.06. The van der Waals surface area contributed by atoms with E-state index in [4.69, 9.17) is 16.3 Å². The first kappa shape index (κ1) is 12.2. The molecule has 0 saturated carbocycles. The number of Topliss-reactive ketones (excluding diaryl/α,β-unsaturated/α-hetero) is 1. The predicted molar refractivity (Wildman–Crippen MR) is 73.9 cm³/mol. The Morgan fingerprint density at radius 1 is 1.35 bits per heavy atom. The summed E-state index contributed by atoms with van der Waals surface area (Å²) in [5.74, 6) is -0.463. The number of fused-ring (bicyclic) bond motifs is 4. The molecule has 1 aromatic rings. The Morgan fingerprint density at radius 2 is 2.20 bits per heavy atom. The second kappa shape index (κ2) is 3.98. The Morgan fingerprint density at radius 3 is 2.95 bits per heavy atom. The third-order valence-electron chi connectivity index (χ3n) is 4.88. The zero-order chi connectivity index (χ0) is 13.9. The van der Waals surface area contributed by atoms with Crippen molar-refractivity contribution in [3.8, 4) is 0 Å². The molecule has 0 amide bonds. The Labute approximate surface area is 121 Å². The van der Waals surface area contributed by atoms with Crippen LogP contribution in [-0.4, -0.2) is 30.9 Å². The Kier molecular flexibility index (Phi) is 2.43. The number of carbonyl (C=O) groups excluding carboxylic acids is 2. The molecule has 3 aliphatic heterocycles. The first-order chi connectivity index (χ1) is 9.64. The van der Waals surface area contributed by atoms with Crippen LogP contribution in [0.25, 0.3) is 0 Å². The van der Waals surface area contributed by atoms with Crippen LogP contribution in [0.2, 0.25) is 5.02 Å². The van der Waals surface area contributed by atoms with Crippen LogP contribution in [0.1, 0.15) is 18.4 Å². The maximum Gasteiger partial charge on any atom is 0.322 e. The summed E-state index contributed by atoms with van der Waals surface area (Å²) in [6.07, 6.45) is 2.21. The molecule has 5 heteroatoms. The highest BCUT2D eigenvalue weighted by Gasteiger charge is 2.62. The molecule has 4 nitrogen and oxygen atoms in total. The third kappa shape index (κ3) is 1.32. The quantitative estimate of drug-likeness (QED) is 0.542. The van der Waals surface area contributed by atoms with Crippen LogP contribution >= 0.6 is 11.6 Å². The number of hydrogen-bond acceptors (Lipinski definition) is 4. The molecule has 0 bridgehead atoms. The minimum absolute atomic E-state index is 0.0732. The van der Waals surface area contributed by atoms with Crippen LogP contribution in [0.5, 0.6) is 0 Å². The van der Waals surface area contributed by atoms with Crippen molar-refractivity contribution >= 4 is 29.0 Å². The summed E-state index contributed by atoms with van der Waals surface area (Å²) >= 11 is 6.30. The van der Waals surface area contributed by atoms with Gasteiger partial charge in [0.05, 0.1) is 6.04 Å².